The molecule has 0 radical (unpaired) electrons. The van der Waals surface area contributed by atoms with Crippen LogP contribution >= 0.6 is 0 Å². The number of amides is 1. The number of ether oxygens (including phenoxy) is 1. The molecule has 3 N–H and O–H groups in total. The van der Waals surface area contributed by atoms with Crippen LogP contribution < -0.4 is 10.5 Å². The van der Waals surface area contributed by atoms with Gasteiger partial charge in [-0.15, -0.1) is 13.2 Å². The Kier molecular flexibility index (Phi) is 4.18. The summed E-state index contributed by atoms with van der Waals surface area (Å²) in [5, 5.41) is 0. The number of para-hydroxylation sites is 1. The quantitative estimate of drug-likeness (QED) is 0.754. The summed E-state index contributed by atoms with van der Waals surface area (Å²) in [7, 11) is 0. The predicted molar refractivity (Wildman–Crippen MR) is 84.7 cm³/mol. The molecular weight excluding hydrogens is 335 g/mol. The minimum atomic E-state index is -4.78. The molecule has 3 aromatic rings. The first-order valence-electron chi connectivity index (χ1n) is 7.14. The van der Waals surface area contributed by atoms with Gasteiger partial charge in [-0.3, -0.25) is 4.79 Å². The molecule has 25 heavy (non-hydrogen) atoms. The van der Waals surface area contributed by atoms with E-state index in [4.69, 9.17) is 5.73 Å². The van der Waals surface area contributed by atoms with Gasteiger partial charge in [0.1, 0.15) is 5.75 Å². The molecule has 0 bridgehead atoms. The number of primary amides is 1. The van der Waals surface area contributed by atoms with Gasteiger partial charge in [0.25, 0.3) is 5.91 Å². The molecule has 128 valence electrons. The monoisotopic (exact) mass is 347 g/mol. The zero-order chi connectivity index (χ0) is 18.0. The highest BCUT2D eigenvalue weighted by Crippen LogP contribution is 2.35. The molecule has 0 spiro atoms. The number of nitrogens with two attached hydrogens (primary N) is 1. The summed E-state index contributed by atoms with van der Waals surface area (Å²) < 4.78 is 41.8. The summed E-state index contributed by atoms with van der Waals surface area (Å²) in [5.41, 5.74) is 7.11. The van der Waals surface area contributed by atoms with Crippen molar-refractivity contribution in [2.24, 2.45) is 5.73 Å². The summed E-state index contributed by atoms with van der Waals surface area (Å²) in [5.74, 6) is -0.998. The SMILES string of the molecule is NC(=O)c1ncc(-c2cccc(-c3ccccc3OC(F)(F)F)c2)[nH]1. The van der Waals surface area contributed by atoms with Crippen molar-refractivity contribution in [3.63, 3.8) is 0 Å². The molecule has 3 rings (SSSR count). The van der Waals surface area contributed by atoms with Gasteiger partial charge in [-0.1, -0.05) is 36.4 Å². The van der Waals surface area contributed by atoms with E-state index in [9.17, 15) is 18.0 Å². The van der Waals surface area contributed by atoms with Crippen molar-refractivity contribution in [1.29, 1.82) is 0 Å². The molecule has 0 aliphatic carbocycles. The summed E-state index contributed by atoms with van der Waals surface area (Å²) in [6.45, 7) is 0. The van der Waals surface area contributed by atoms with Gasteiger partial charge in [-0.25, -0.2) is 4.98 Å². The number of benzene rings is 2. The summed E-state index contributed by atoms with van der Waals surface area (Å²) >= 11 is 0. The van der Waals surface area contributed by atoms with Gasteiger partial charge >= 0.3 is 6.36 Å². The Morgan fingerprint density at radius 3 is 2.48 bits per heavy atom. The number of aromatic amines is 1. The van der Waals surface area contributed by atoms with Crippen molar-refractivity contribution in [1.82, 2.24) is 9.97 Å². The van der Waals surface area contributed by atoms with E-state index in [0.29, 0.717) is 16.8 Å². The molecule has 5 nitrogen and oxygen atoms in total. The second-order valence-electron chi connectivity index (χ2n) is 5.13. The van der Waals surface area contributed by atoms with Crippen LogP contribution in [0.3, 0.4) is 0 Å². The number of H-pyrrole nitrogens is 1. The fourth-order valence-electron chi connectivity index (χ4n) is 2.37. The fraction of sp³-hybridized carbons (Fsp3) is 0.0588. The van der Waals surface area contributed by atoms with Crippen molar-refractivity contribution >= 4 is 5.91 Å². The predicted octanol–water partition coefficient (Wildman–Crippen LogP) is 3.74. The molecule has 0 saturated heterocycles. The lowest BCUT2D eigenvalue weighted by molar-refractivity contribution is -0.274. The van der Waals surface area contributed by atoms with Gasteiger partial charge < -0.3 is 15.5 Å². The number of alkyl halides is 3. The van der Waals surface area contributed by atoms with E-state index >= 15 is 0 Å². The lowest BCUT2D eigenvalue weighted by Gasteiger charge is -2.13. The molecule has 1 aromatic heterocycles. The van der Waals surface area contributed by atoms with Crippen LogP contribution in [0.2, 0.25) is 0 Å². The van der Waals surface area contributed by atoms with Gasteiger partial charge in [0.2, 0.25) is 0 Å². The minimum absolute atomic E-state index is 0.00112. The van der Waals surface area contributed by atoms with Crippen LogP contribution in [0.25, 0.3) is 22.4 Å². The molecule has 0 unspecified atom stereocenters. The number of rotatable bonds is 4. The van der Waals surface area contributed by atoms with Gasteiger partial charge in [-0.2, -0.15) is 0 Å². The normalized spacial score (nSPS) is 11.3. The van der Waals surface area contributed by atoms with Crippen LogP contribution in [0, 0.1) is 0 Å². The number of halogens is 3. The standard InChI is InChI=1S/C17H12F3N3O2/c18-17(19,20)25-14-7-2-1-6-12(14)10-4-3-5-11(8-10)13-9-22-16(23-13)15(21)24/h1-9H,(H2,21,24)(H,22,23). The number of imidazole rings is 1. The van der Waals surface area contributed by atoms with Crippen LogP contribution in [-0.2, 0) is 0 Å². The van der Waals surface area contributed by atoms with Gasteiger partial charge in [0, 0.05) is 11.1 Å². The zero-order valence-corrected chi connectivity index (χ0v) is 12.7. The van der Waals surface area contributed by atoms with Crippen molar-refractivity contribution in [3.8, 4) is 28.1 Å². The lowest BCUT2D eigenvalue weighted by atomic mass is 10.0. The second kappa shape index (κ2) is 6.31. The molecule has 0 atom stereocenters. The Hall–Kier alpha value is -3.29. The average molecular weight is 347 g/mol. The molecule has 8 heteroatoms. The number of carbonyl (C=O) groups is 1. The Bertz CT molecular complexity index is 919. The molecule has 1 heterocycles. The van der Waals surface area contributed by atoms with Gasteiger partial charge in [-0.05, 0) is 17.7 Å². The molecule has 0 aliphatic heterocycles. The molecule has 0 aliphatic rings. The van der Waals surface area contributed by atoms with Crippen LogP contribution in [-0.4, -0.2) is 22.2 Å². The second-order valence-corrected chi connectivity index (χ2v) is 5.13. The van der Waals surface area contributed by atoms with E-state index in [2.05, 4.69) is 14.7 Å². The van der Waals surface area contributed by atoms with Crippen LogP contribution in [0.5, 0.6) is 5.75 Å². The highest BCUT2D eigenvalue weighted by Gasteiger charge is 2.32. The van der Waals surface area contributed by atoms with E-state index in [1.54, 1.807) is 30.3 Å². The molecule has 2 aromatic carbocycles. The van der Waals surface area contributed by atoms with Crippen molar-refractivity contribution in [2.45, 2.75) is 6.36 Å². The number of aromatic nitrogens is 2. The number of carbonyl (C=O) groups excluding carboxylic acids is 1. The Balaban J connectivity index is 2.01. The van der Waals surface area contributed by atoms with E-state index in [0.717, 1.165) is 0 Å². The molecule has 0 fully saturated rings. The third-order valence-corrected chi connectivity index (χ3v) is 3.41. The van der Waals surface area contributed by atoms with Gasteiger partial charge in [0.05, 0.1) is 11.9 Å². The number of hydrogen-bond donors (Lipinski definition) is 2. The first-order chi connectivity index (χ1) is 11.8. The average Bonchev–Trinajstić information content (AvgIpc) is 3.04. The van der Waals surface area contributed by atoms with Crippen LogP contribution in [0.4, 0.5) is 13.2 Å². The maximum atomic E-state index is 12.6. The van der Waals surface area contributed by atoms with E-state index in [1.807, 2.05) is 0 Å². The Labute approximate surface area is 140 Å². The van der Waals surface area contributed by atoms with Crippen molar-refractivity contribution in [2.75, 3.05) is 0 Å². The van der Waals surface area contributed by atoms with E-state index in [-0.39, 0.29) is 17.1 Å². The van der Waals surface area contributed by atoms with E-state index < -0.39 is 12.3 Å². The molecule has 0 saturated carbocycles. The number of nitrogens with zero attached hydrogens (tertiary/aromatic N) is 1. The topological polar surface area (TPSA) is 81.0 Å². The summed E-state index contributed by atoms with van der Waals surface area (Å²) in [6, 6.07) is 12.6. The zero-order valence-electron chi connectivity index (χ0n) is 12.7. The van der Waals surface area contributed by atoms with E-state index in [1.165, 1.54) is 24.4 Å². The van der Waals surface area contributed by atoms with Crippen molar-refractivity contribution < 1.29 is 22.7 Å². The molecular formula is C17H12F3N3O2. The fourth-order valence-corrected chi connectivity index (χ4v) is 2.37. The van der Waals surface area contributed by atoms with Crippen LogP contribution in [0.15, 0.2) is 54.7 Å². The highest BCUT2D eigenvalue weighted by atomic mass is 19.4. The number of hydrogen-bond acceptors (Lipinski definition) is 3. The third kappa shape index (κ3) is 3.79. The maximum absolute atomic E-state index is 12.6. The van der Waals surface area contributed by atoms with Crippen molar-refractivity contribution in [3.05, 3.63) is 60.6 Å². The number of nitrogens with one attached hydrogen (secondary N) is 1. The minimum Gasteiger partial charge on any atom is -0.405 e. The first kappa shape index (κ1) is 16.6. The van der Waals surface area contributed by atoms with Gasteiger partial charge in [0.15, 0.2) is 5.82 Å². The summed E-state index contributed by atoms with van der Waals surface area (Å²) in [4.78, 5) is 17.7. The third-order valence-electron chi connectivity index (χ3n) is 3.41. The summed E-state index contributed by atoms with van der Waals surface area (Å²) in [6.07, 6.45) is -3.36. The Morgan fingerprint density at radius 1 is 1.08 bits per heavy atom. The lowest BCUT2D eigenvalue weighted by Crippen LogP contribution is -2.17. The maximum Gasteiger partial charge on any atom is 0.573 e. The first-order valence-corrected chi connectivity index (χ1v) is 7.14. The highest BCUT2D eigenvalue weighted by molar-refractivity contribution is 5.89. The smallest absolute Gasteiger partial charge is 0.405 e. The largest absolute Gasteiger partial charge is 0.573 e. The Morgan fingerprint density at radius 2 is 1.80 bits per heavy atom. The van der Waals surface area contributed by atoms with Crippen LogP contribution in [0.1, 0.15) is 10.6 Å². The molecule has 1 amide bonds.